The van der Waals surface area contributed by atoms with Crippen LogP contribution < -0.4 is 14.9 Å². The van der Waals surface area contributed by atoms with Gasteiger partial charge in [0.25, 0.3) is 5.91 Å². The molecule has 7 heteroatoms. The first kappa shape index (κ1) is 23.8. The third-order valence-corrected chi connectivity index (χ3v) is 5.82. The summed E-state index contributed by atoms with van der Waals surface area (Å²) >= 11 is 9.90. The zero-order valence-corrected chi connectivity index (χ0v) is 20.8. The summed E-state index contributed by atoms with van der Waals surface area (Å²) in [5, 5.41) is 6.72. The van der Waals surface area contributed by atoms with Crippen LogP contribution in [0.5, 0.6) is 11.5 Å². The molecule has 0 saturated carbocycles. The molecule has 0 aliphatic carbocycles. The van der Waals surface area contributed by atoms with Crippen LogP contribution in [0, 0.1) is 0 Å². The molecule has 4 aromatic rings. The smallest absolute Gasteiger partial charge is 0.271 e. The Bertz CT molecular complexity index is 1350. The molecule has 0 heterocycles. The van der Waals surface area contributed by atoms with E-state index < -0.39 is 0 Å². The van der Waals surface area contributed by atoms with E-state index in [0.29, 0.717) is 40.9 Å². The second kappa shape index (κ2) is 11.2. The third kappa shape index (κ3) is 5.76. The molecule has 34 heavy (non-hydrogen) atoms. The predicted molar refractivity (Wildman–Crippen MR) is 140 cm³/mol. The summed E-state index contributed by atoms with van der Waals surface area (Å²) in [4.78, 5) is 12.3. The summed E-state index contributed by atoms with van der Waals surface area (Å²) in [6.07, 6.45) is 1.51. The zero-order chi connectivity index (χ0) is 23.9. The average Bonchev–Trinajstić information content (AvgIpc) is 2.84. The molecular formula is C27H22BrClN2O3. The van der Waals surface area contributed by atoms with E-state index >= 15 is 0 Å². The van der Waals surface area contributed by atoms with E-state index in [9.17, 15) is 4.79 Å². The van der Waals surface area contributed by atoms with Crippen LogP contribution in [0.1, 0.15) is 28.4 Å². The van der Waals surface area contributed by atoms with E-state index in [1.54, 1.807) is 30.3 Å². The second-order valence-corrected chi connectivity index (χ2v) is 8.72. The van der Waals surface area contributed by atoms with Gasteiger partial charge in [0, 0.05) is 10.0 Å². The van der Waals surface area contributed by atoms with Gasteiger partial charge in [0.05, 0.1) is 17.8 Å². The second-order valence-electron chi connectivity index (χ2n) is 7.40. The van der Waals surface area contributed by atoms with Crippen molar-refractivity contribution in [3.05, 3.63) is 105 Å². The summed E-state index contributed by atoms with van der Waals surface area (Å²) in [5.74, 6) is 0.658. The number of carbonyl (C=O) groups excluding carboxylic acids is 1. The summed E-state index contributed by atoms with van der Waals surface area (Å²) in [7, 11) is 0. The van der Waals surface area contributed by atoms with E-state index in [2.05, 4.69) is 44.7 Å². The third-order valence-electron chi connectivity index (χ3n) is 5.05. The maximum absolute atomic E-state index is 12.3. The first-order chi connectivity index (χ1) is 16.5. The number of halogens is 2. The van der Waals surface area contributed by atoms with Crippen molar-refractivity contribution in [2.75, 3.05) is 6.61 Å². The molecule has 0 aliphatic rings. The van der Waals surface area contributed by atoms with Gasteiger partial charge in [-0.15, -0.1) is 0 Å². The van der Waals surface area contributed by atoms with E-state index in [1.807, 2.05) is 37.3 Å². The molecule has 5 nitrogen and oxygen atoms in total. The highest BCUT2D eigenvalue weighted by Crippen LogP contribution is 2.37. The van der Waals surface area contributed by atoms with Gasteiger partial charge in [0.15, 0.2) is 11.5 Å². The van der Waals surface area contributed by atoms with Crippen LogP contribution in [-0.4, -0.2) is 18.7 Å². The van der Waals surface area contributed by atoms with E-state index in [-0.39, 0.29) is 5.91 Å². The maximum Gasteiger partial charge on any atom is 0.271 e. The lowest BCUT2D eigenvalue weighted by Crippen LogP contribution is -2.17. The number of hydrazone groups is 1. The Labute approximate surface area is 211 Å². The number of carbonyl (C=O) groups is 1. The number of benzene rings is 4. The molecule has 0 bridgehead atoms. The monoisotopic (exact) mass is 536 g/mol. The number of rotatable bonds is 8. The highest BCUT2D eigenvalue weighted by molar-refractivity contribution is 9.10. The van der Waals surface area contributed by atoms with Crippen LogP contribution >= 0.6 is 27.5 Å². The van der Waals surface area contributed by atoms with Crippen molar-refractivity contribution in [3.63, 3.8) is 0 Å². The van der Waals surface area contributed by atoms with Gasteiger partial charge in [-0.25, -0.2) is 5.43 Å². The Morgan fingerprint density at radius 1 is 1.03 bits per heavy atom. The molecule has 172 valence electrons. The van der Waals surface area contributed by atoms with Gasteiger partial charge in [0.1, 0.15) is 6.61 Å². The quantitative estimate of drug-likeness (QED) is 0.194. The van der Waals surface area contributed by atoms with Crippen LogP contribution in [0.4, 0.5) is 0 Å². The van der Waals surface area contributed by atoms with Gasteiger partial charge in [-0.1, -0.05) is 76.1 Å². The van der Waals surface area contributed by atoms with Crippen molar-refractivity contribution in [2.45, 2.75) is 13.5 Å². The van der Waals surface area contributed by atoms with E-state index in [4.69, 9.17) is 21.1 Å². The van der Waals surface area contributed by atoms with Crippen LogP contribution in [-0.2, 0) is 6.61 Å². The zero-order valence-electron chi connectivity index (χ0n) is 18.4. The van der Waals surface area contributed by atoms with Crippen molar-refractivity contribution < 1.29 is 14.3 Å². The van der Waals surface area contributed by atoms with Crippen molar-refractivity contribution in [1.29, 1.82) is 0 Å². The predicted octanol–water partition coefficient (Wildman–Crippen LogP) is 7.00. The lowest BCUT2D eigenvalue weighted by molar-refractivity contribution is 0.0955. The number of nitrogens with one attached hydrogen (secondary N) is 1. The summed E-state index contributed by atoms with van der Waals surface area (Å²) in [6, 6.07) is 24.8. The summed E-state index contributed by atoms with van der Waals surface area (Å²) in [5.41, 5.74) is 4.74. The van der Waals surface area contributed by atoms with Crippen molar-refractivity contribution >= 4 is 50.4 Å². The molecule has 4 aromatic carbocycles. The molecule has 0 fully saturated rings. The fraction of sp³-hybridized carbons (Fsp3) is 0.111. The van der Waals surface area contributed by atoms with Gasteiger partial charge in [-0.2, -0.15) is 5.10 Å². The normalized spacial score (nSPS) is 11.0. The number of fused-ring (bicyclic) bond motifs is 1. The molecule has 0 atom stereocenters. The molecule has 0 saturated heterocycles. The van der Waals surface area contributed by atoms with Crippen molar-refractivity contribution in [2.24, 2.45) is 5.10 Å². The largest absolute Gasteiger partial charge is 0.490 e. The van der Waals surface area contributed by atoms with Gasteiger partial charge in [-0.05, 0) is 59.2 Å². The molecule has 1 N–H and O–H groups in total. The van der Waals surface area contributed by atoms with Gasteiger partial charge >= 0.3 is 0 Å². The maximum atomic E-state index is 12.3. The summed E-state index contributed by atoms with van der Waals surface area (Å²) in [6.45, 7) is 2.68. The van der Waals surface area contributed by atoms with E-state index in [1.165, 1.54) is 6.21 Å². The molecule has 0 aliphatic heterocycles. The SMILES string of the molecule is CCOc1cc(/C=N\NC(=O)c2cccc(Br)c2)cc(Cl)c1OCc1cccc2ccccc12. The van der Waals surface area contributed by atoms with Crippen LogP contribution in [0.3, 0.4) is 0 Å². The Morgan fingerprint density at radius 3 is 2.65 bits per heavy atom. The minimum Gasteiger partial charge on any atom is -0.490 e. The average molecular weight is 538 g/mol. The Kier molecular flexibility index (Phi) is 7.83. The first-order valence-corrected chi connectivity index (χ1v) is 11.9. The Hall–Kier alpha value is -3.35. The van der Waals surface area contributed by atoms with Crippen molar-refractivity contribution in [3.8, 4) is 11.5 Å². The molecule has 0 spiro atoms. The molecule has 4 rings (SSSR count). The Morgan fingerprint density at radius 2 is 1.82 bits per heavy atom. The number of hydrogen-bond donors (Lipinski definition) is 1. The molecule has 0 aromatic heterocycles. The summed E-state index contributed by atoms with van der Waals surface area (Å²) < 4.78 is 12.7. The standard InChI is InChI=1S/C27H22BrClN2O3/c1-2-33-25-14-18(16-30-31-27(32)20-9-6-11-22(28)15-20)13-24(29)26(25)34-17-21-10-5-8-19-7-3-4-12-23(19)21/h3-16H,2,17H2,1H3,(H,31,32)/b30-16-. The molecule has 1 amide bonds. The van der Waals surface area contributed by atoms with Crippen LogP contribution in [0.15, 0.2) is 88.4 Å². The number of amides is 1. The highest BCUT2D eigenvalue weighted by Gasteiger charge is 2.13. The number of nitrogens with zero attached hydrogens (tertiary/aromatic N) is 1. The van der Waals surface area contributed by atoms with Crippen LogP contribution in [0.25, 0.3) is 10.8 Å². The number of ether oxygens (including phenoxy) is 2. The minimum atomic E-state index is -0.316. The lowest BCUT2D eigenvalue weighted by atomic mass is 10.1. The van der Waals surface area contributed by atoms with E-state index in [0.717, 1.165) is 20.8 Å². The number of hydrogen-bond acceptors (Lipinski definition) is 4. The molecular weight excluding hydrogens is 516 g/mol. The van der Waals surface area contributed by atoms with Crippen LogP contribution in [0.2, 0.25) is 5.02 Å². The van der Waals surface area contributed by atoms with Gasteiger partial charge < -0.3 is 9.47 Å². The minimum absolute atomic E-state index is 0.316. The molecule has 0 radical (unpaired) electrons. The van der Waals surface area contributed by atoms with Gasteiger partial charge in [0.2, 0.25) is 0 Å². The van der Waals surface area contributed by atoms with Crippen molar-refractivity contribution in [1.82, 2.24) is 5.43 Å². The van der Waals surface area contributed by atoms with Gasteiger partial charge in [-0.3, -0.25) is 4.79 Å². The topological polar surface area (TPSA) is 59.9 Å². The first-order valence-electron chi connectivity index (χ1n) is 10.7. The Balaban J connectivity index is 1.51. The fourth-order valence-corrected chi connectivity index (χ4v) is 4.17. The fourth-order valence-electron chi connectivity index (χ4n) is 3.49. The lowest BCUT2D eigenvalue weighted by Gasteiger charge is -2.15. The highest BCUT2D eigenvalue weighted by atomic mass is 79.9. The molecule has 0 unspecified atom stereocenters.